The molecule has 0 amide bonds. The van der Waals surface area contributed by atoms with Crippen LogP contribution in [0.25, 0.3) is 54.6 Å². The molecule has 0 radical (unpaired) electrons. The van der Waals surface area contributed by atoms with E-state index in [1.165, 1.54) is 56.6 Å². The van der Waals surface area contributed by atoms with Gasteiger partial charge in [-0.3, -0.25) is 0 Å². The maximum Gasteiger partial charge on any atom is 0.125 e. The highest BCUT2D eigenvalue weighted by Crippen LogP contribution is 2.54. The summed E-state index contributed by atoms with van der Waals surface area (Å²) >= 11 is 0. The number of anilines is 6. The van der Waals surface area contributed by atoms with Gasteiger partial charge in [0.1, 0.15) is 11.6 Å². The maximum atomic E-state index is 15.3. The Bertz CT molecular complexity index is 3240. The van der Waals surface area contributed by atoms with Crippen molar-refractivity contribution < 1.29 is 8.78 Å². The van der Waals surface area contributed by atoms with Crippen LogP contribution in [0.4, 0.5) is 42.9 Å². The molecule has 0 atom stereocenters. The summed E-state index contributed by atoms with van der Waals surface area (Å²) < 4.78 is 30.5. The first kappa shape index (κ1) is 36.5. The molecule has 12 rings (SSSR count). The molecule has 0 fully saturated rings. The Hall–Kier alpha value is -7.30. The van der Waals surface area contributed by atoms with E-state index in [1.807, 2.05) is 12.1 Å². The maximum absolute atomic E-state index is 15.3. The van der Waals surface area contributed by atoms with E-state index in [-0.39, 0.29) is 22.5 Å². The van der Waals surface area contributed by atoms with Gasteiger partial charge in [-0.05, 0) is 139 Å². The second-order valence-electron chi connectivity index (χ2n) is 18.0. The molecular weight excluding hydrogens is 763 g/mol. The first-order valence-electron chi connectivity index (χ1n) is 21.4. The van der Waals surface area contributed by atoms with Crippen molar-refractivity contribution in [3.8, 4) is 22.3 Å². The number of benzene rings is 10. The van der Waals surface area contributed by atoms with Gasteiger partial charge >= 0.3 is 0 Å². The topological polar surface area (TPSA) is 6.48 Å². The summed E-state index contributed by atoms with van der Waals surface area (Å²) in [4.78, 5) is 4.41. The van der Waals surface area contributed by atoms with E-state index >= 15 is 8.78 Å². The van der Waals surface area contributed by atoms with E-state index in [0.29, 0.717) is 0 Å². The summed E-state index contributed by atoms with van der Waals surface area (Å²) in [5.41, 5.74) is 15.0. The van der Waals surface area contributed by atoms with Crippen LogP contribution in [0, 0.1) is 11.6 Å². The monoisotopic (exact) mass is 804 g/mol. The fourth-order valence-corrected chi connectivity index (χ4v) is 10.9. The average Bonchev–Trinajstić information content (AvgIpc) is 3.65. The summed E-state index contributed by atoms with van der Waals surface area (Å²) in [6, 6.07) is 62.0. The predicted octanol–water partition coefficient (Wildman–Crippen LogP) is 16.4. The smallest absolute Gasteiger partial charge is 0.125 e. The molecule has 62 heavy (non-hydrogen) atoms. The van der Waals surface area contributed by atoms with Crippen LogP contribution in [0.1, 0.15) is 49.9 Å². The Morgan fingerprint density at radius 2 is 0.726 bits per heavy atom. The van der Waals surface area contributed by atoms with E-state index < -0.39 is 0 Å². The average molecular weight is 805 g/mol. The lowest BCUT2D eigenvalue weighted by Crippen LogP contribution is -2.17. The molecule has 0 saturated heterocycles. The molecule has 298 valence electrons. The molecule has 10 aromatic rings. The minimum Gasteiger partial charge on any atom is -0.310 e. The predicted molar refractivity (Wildman–Crippen MR) is 255 cm³/mol. The molecule has 2 aliphatic rings. The number of halogens is 2. The van der Waals surface area contributed by atoms with Crippen LogP contribution in [0.5, 0.6) is 0 Å². The lowest BCUT2D eigenvalue weighted by Gasteiger charge is -2.31. The molecule has 2 aliphatic carbocycles. The van der Waals surface area contributed by atoms with Gasteiger partial charge in [0.15, 0.2) is 0 Å². The lowest BCUT2D eigenvalue weighted by atomic mass is 9.82. The van der Waals surface area contributed by atoms with Crippen molar-refractivity contribution >= 4 is 66.4 Å². The van der Waals surface area contributed by atoms with Crippen molar-refractivity contribution in [1.29, 1.82) is 0 Å². The summed E-state index contributed by atoms with van der Waals surface area (Å²) in [6.45, 7) is 9.16. The number of hydrogen-bond donors (Lipinski definition) is 0. The SMILES string of the molecule is CC1(C)c2ccccc2-c2ccc(N(c3cccc(F)c3)c3ccc4ccc5c(N(c6cccc(F)c6)c6ccc7c(c6)C(C)(C)c6ccccc6-7)ccc6ccc3c4c65)cc21. The molecule has 0 saturated carbocycles. The van der Waals surface area contributed by atoms with Crippen molar-refractivity contribution in [3.05, 3.63) is 216 Å². The molecule has 0 heterocycles. The summed E-state index contributed by atoms with van der Waals surface area (Å²) in [5.74, 6) is -0.583. The van der Waals surface area contributed by atoms with Crippen LogP contribution < -0.4 is 9.80 Å². The highest BCUT2D eigenvalue weighted by molar-refractivity contribution is 6.28. The van der Waals surface area contributed by atoms with E-state index in [4.69, 9.17) is 0 Å². The zero-order chi connectivity index (χ0) is 42.1. The van der Waals surface area contributed by atoms with E-state index in [1.54, 1.807) is 24.3 Å². The van der Waals surface area contributed by atoms with Crippen molar-refractivity contribution in [2.45, 2.75) is 38.5 Å². The third kappa shape index (κ3) is 5.19. The Morgan fingerprint density at radius 1 is 0.339 bits per heavy atom. The van der Waals surface area contributed by atoms with Crippen LogP contribution in [0.15, 0.2) is 182 Å². The van der Waals surface area contributed by atoms with Crippen LogP contribution in [-0.4, -0.2) is 0 Å². The van der Waals surface area contributed by atoms with Crippen molar-refractivity contribution in [3.63, 3.8) is 0 Å². The van der Waals surface area contributed by atoms with Gasteiger partial charge in [-0.2, -0.15) is 0 Å². The number of hydrogen-bond acceptors (Lipinski definition) is 2. The standard InChI is InChI=1S/C58H42F2N2/c1-57(2)49-17-7-5-15-43(49)45-27-23-41(33-51(45)57)61(39-13-9-11-37(59)31-39)53-29-21-35-20-26-48-54(30-22-36-19-25-47(53)55(35)56(36)48)62(40-14-10-12-38(60)32-40)42-24-28-46-44-16-6-8-18-50(44)58(3,4)52(46)34-42/h5-34H,1-4H3. The van der Waals surface area contributed by atoms with Crippen molar-refractivity contribution in [1.82, 2.24) is 0 Å². The van der Waals surface area contributed by atoms with Crippen LogP contribution >= 0.6 is 0 Å². The Balaban J connectivity index is 1.08. The minimum absolute atomic E-state index is 0.208. The van der Waals surface area contributed by atoms with Gasteiger partial charge in [0, 0.05) is 44.4 Å². The molecule has 10 aromatic carbocycles. The number of nitrogens with zero attached hydrogens (tertiary/aromatic N) is 2. The first-order chi connectivity index (χ1) is 30.1. The van der Waals surface area contributed by atoms with Crippen LogP contribution in [-0.2, 0) is 10.8 Å². The van der Waals surface area contributed by atoms with E-state index in [9.17, 15) is 0 Å². The van der Waals surface area contributed by atoms with E-state index in [2.05, 4.69) is 171 Å². The Kier molecular flexibility index (Phi) is 7.72. The normalized spacial score (nSPS) is 14.2. The molecule has 2 nitrogen and oxygen atoms in total. The molecule has 4 heteroatoms. The molecule has 0 unspecified atom stereocenters. The summed E-state index contributed by atoms with van der Waals surface area (Å²) in [6.07, 6.45) is 0. The summed E-state index contributed by atoms with van der Waals surface area (Å²) in [5, 5.41) is 6.58. The number of rotatable bonds is 6. The fraction of sp³-hybridized carbons (Fsp3) is 0.103. The van der Waals surface area contributed by atoms with Gasteiger partial charge < -0.3 is 9.80 Å². The largest absolute Gasteiger partial charge is 0.310 e. The zero-order valence-corrected chi connectivity index (χ0v) is 35.0. The quantitative estimate of drug-likeness (QED) is 0.155. The van der Waals surface area contributed by atoms with Gasteiger partial charge in [0.05, 0.1) is 11.4 Å². The molecule has 0 spiro atoms. The summed E-state index contributed by atoms with van der Waals surface area (Å²) in [7, 11) is 0. The zero-order valence-electron chi connectivity index (χ0n) is 35.0. The fourth-order valence-electron chi connectivity index (χ4n) is 10.9. The van der Waals surface area contributed by atoms with Crippen molar-refractivity contribution in [2.75, 3.05) is 9.80 Å². The van der Waals surface area contributed by atoms with Gasteiger partial charge in [0.25, 0.3) is 0 Å². The highest BCUT2D eigenvalue weighted by atomic mass is 19.1. The second-order valence-corrected chi connectivity index (χ2v) is 18.0. The van der Waals surface area contributed by atoms with Gasteiger partial charge in [-0.25, -0.2) is 8.78 Å². The first-order valence-corrected chi connectivity index (χ1v) is 21.4. The lowest BCUT2D eigenvalue weighted by molar-refractivity contribution is 0.627. The molecule has 0 aliphatic heterocycles. The van der Waals surface area contributed by atoms with Gasteiger partial charge in [-0.15, -0.1) is 0 Å². The second kappa shape index (κ2) is 13.1. The third-order valence-corrected chi connectivity index (χ3v) is 13.9. The van der Waals surface area contributed by atoms with Gasteiger partial charge in [0.2, 0.25) is 0 Å². The van der Waals surface area contributed by atoms with E-state index in [0.717, 1.165) is 66.4 Å². The highest BCUT2D eigenvalue weighted by Gasteiger charge is 2.37. The Labute approximate surface area is 360 Å². The minimum atomic E-state index is -0.292. The van der Waals surface area contributed by atoms with Crippen LogP contribution in [0.2, 0.25) is 0 Å². The molecule has 0 aromatic heterocycles. The molecule has 0 N–H and O–H groups in total. The van der Waals surface area contributed by atoms with Crippen LogP contribution in [0.3, 0.4) is 0 Å². The Morgan fingerprint density at radius 3 is 1.16 bits per heavy atom. The van der Waals surface area contributed by atoms with Crippen molar-refractivity contribution in [2.24, 2.45) is 0 Å². The third-order valence-electron chi connectivity index (χ3n) is 13.9. The molecule has 0 bridgehead atoms. The molecular formula is C58H42F2N2. The van der Waals surface area contributed by atoms with Gasteiger partial charge in [-0.1, -0.05) is 137 Å². The number of fused-ring (bicyclic) bond motifs is 6.